The molecule has 0 saturated heterocycles. The number of carboxylic acids is 1. The van der Waals surface area contributed by atoms with Gasteiger partial charge in [0.1, 0.15) is 0 Å². The molecule has 0 aromatic heterocycles. The standard InChI is InChI=1S/C17H19NO4S/c1-3-9-18-14-10-13(17(19)20)11-15(23(2,21)22)16(14)12-7-5-4-6-8-12/h4-8,10-11,18H,3,9H2,1-2H3,(H,19,20). The molecule has 2 rings (SSSR count). The van der Waals surface area contributed by atoms with Crippen LogP contribution in [-0.2, 0) is 9.84 Å². The van der Waals surface area contributed by atoms with Crippen molar-refractivity contribution in [3.8, 4) is 11.1 Å². The topological polar surface area (TPSA) is 83.5 Å². The number of benzene rings is 2. The second kappa shape index (κ2) is 6.83. The fourth-order valence-corrected chi connectivity index (χ4v) is 3.27. The van der Waals surface area contributed by atoms with Crippen molar-refractivity contribution in [2.24, 2.45) is 0 Å². The first-order valence-electron chi connectivity index (χ1n) is 7.25. The summed E-state index contributed by atoms with van der Waals surface area (Å²) in [6.07, 6.45) is 1.92. The molecule has 0 aliphatic heterocycles. The number of carbonyl (C=O) groups is 1. The third-order valence-corrected chi connectivity index (χ3v) is 4.50. The Balaban J connectivity index is 2.81. The molecule has 0 heterocycles. The average Bonchev–Trinajstić information content (AvgIpc) is 2.51. The quantitative estimate of drug-likeness (QED) is 0.847. The highest BCUT2D eigenvalue weighted by molar-refractivity contribution is 7.90. The normalized spacial score (nSPS) is 11.2. The van der Waals surface area contributed by atoms with Gasteiger partial charge in [-0.05, 0) is 24.1 Å². The summed E-state index contributed by atoms with van der Waals surface area (Å²) in [6, 6.07) is 11.8. The van der Waals surface area contributed by atoms with Gasteiger partial charge in [0.05, 0.1) is 10.5 Å². The van der Waals surface area contributed by atoms with Crippen molar-refractivity contribution in [3.05, 3.63) is 48.0 Å². The van der Waals surface area contributed by atoms with E-state index >= 15 is 0 Å². The van der Waals surface area contributed by atoms with E-state index in [0.717, 1.165) is 18.2 Å². The summed E-state index contributed by atoms with van der Waals surface area (Å²) < 4.78 is 24.4. The molecule has 122 valence electrons. The highest BCUT2D eigenvalue weighted by atomic mass is 32.2. The molecule has 5 nitrogen and oxygen atoms in total. The minimum atomic E-state index is -3.59. The number of carboxylic acid groups (broad SMARTS) is 1. The summed E-state index contributed by atoms with van der Waals surface area (Å²) in [5, 5.41) is 12.4. The summed E-state index contributed by atoms with van der Waals surface area (Å²) in [6.45, 7) is 2.60. The summed E-state index contributed by atoms with van der Waals surface area (Å²) in [7, 11) is -3.59. The third kappa shape index (κ3) is 3.90. The molecule has 0 saturated carbocycles. The lowest BCUT2D eigenvalue weighted by molar-refractivity contribution is 0.0696. The van der Waals surface area contributed by atoms with E-state index in [2.05, 4.69) is 5.32 Å². The van der Waals surface area contributed by atoms with Crippen LogP contribution in [0.25, 0.3) is 11.1 Å². The fourth-order valence-electron chi connectivity index (χ4n) is 2.33. The largest absolute Gasteiger partial charge is 0.478 e. The summed E-state index contributed by atoms with van der Waals surface area (Å²) >= 11 is 0. The van der Waals surface area contributed by atoms with Crippen molar-refractivity contribution in [2.45, 2.75) is 18.2 Å². The van der Waals surface area contributed by atoms with Gasteiger partial charge in [0.25, 0.3) is 0 Å². The van der Waals surface area contributed by atoms with Crippen LogP contribution in [0.4, 0.5) is 5.69 Å². The maximum absolute atomic E-state index is 12.2. The maximum Gasteiger partial charge on any atom is 0.335 e. The van der Waals surface area contributed by atoms with Crippen LogP contribution in [0, 0.1) is 0 Å². The summed E-state index contributed by atoms with van der Waals surface area (Å²) in [5.41, 5.74) is 1.69. The van der Waals surface area contributed by atoms with Gasteiger partial charge in [0, 0.05) is 24.1 Å². The van der Waals surface area contributed by atoms with Crippen LogP contribution in [0.5, 0.6) is 0 Å². The van der Waals surface area contributed by atoms with Gasteiger partial charge in [0.2, 0.25) is 0 Å². The summed E-state index contributed by atoms with van der Waals surface area (Å²) in [4.78, 5) is 11.3. The van der Waals surface area contributed by atoms with E-state index in [9.17, 15) is 18.3 Å². The molecule has 0 spiro atoms. The van der Waals surface area contributed by atoms with Crippen molar-refractivity contribution >= 4 is 21.5 Å². The SMILES string of the molecule is CCCNc1cc(C(=O)O)cc(S(C)(=O)=O)c1-c1ccccc1. The first-order chi connectivity index (χ1) is 10.8. The van der Waals surface area contributed by atoms with E-state index in [4.69, 9.17) is 0 Å². The highest BCUT2D eigenvalue weighted by Gasteiger charge is 2.21. The van der Waals surface area contributed by atoms with E-state index in [-0.39, 0.29) is 10.5 Å². The number of anilines is 1. The summed E-state index contributed by atoms with van der Waals surface area (Å²) in [5.74, 6) is -1.16. The Hall–Kier alpha value is -2.34. The lowest BCUT2D eigenvalue weighted by Crippen LogP contribution is -2.09. The second-order valence-corrected chi connectivity index (χ2v) is 7.25. The van der Waals surface area contributed by atoms with Crippen LogP contribution < -0.4 is 5.32 Å². The molecule has 0 unspecified atom stereocenters. The molecule has 0 bridgehead atoms. The zero-order valence-corrected chi connectivity index (χ0v) is 13.9. The van der Waals surface area contributed by atoms with Gasteiger partial charge in [-0.15, -0.1) is 0 Å². The molecule has 0 radical (unpaired) electrons. The molecule has 0 fully saturated rings. The number of hydrogen-bond acceptors (Lipinski definition) is 4. The van der Waals surface area contributed by atoms with Gasteiger partial charge in [-0.1, -0.05) is 37.3 Å². The lowest BCUT2D eigenvalue weighted by atomic mass is 10.0. The number of hydrogen-bond donors (Lipinski definition) is 2. The Morgan fingerprint density at radius 1 is 1.17 bits per heavy atom. The molecule has 0 aliphatic rings. The number of sulfone groups is 1. The number of nitrogens with one attached hydrogen (secondary N) is 1. The minimum Gasteiger partial charge on any atom is -0.478 e. The van der Waals surface area contributed by atoms with E-state index in [1.165, 1.54) is 12.1 Å². The van der Waals surface area contributed by atoms with Crippen LogP contribution in [0.3, 0.4) is 0 Å². The Bertz CT molecular complexity index is 814. The third-order valence-electron chi connectivity index (χ3n) is 3.38. The predicted octanol–water partition coefficient (Wildman–Crippen LogP) is 3.28. The Morgan fingerprint density at radius 3 is 2.35 bits per heavy atom. The van der Waals surface area contributed by atoms with Crippen molar-refractivity contribution in [1.29, 1.82) is 0 Å². The van der Waals surface area contributed by atoms with Gasteiger partial charge in [-0.3, -0.25) is 0 Å². The zero-order chi connectivity index (χ0) is 17.0. The zero-order valence-electron chi connectivity index (χ0n) is 13.0. The van der Waals surface area contributed by atoms with Gasteiger partial charge in [-0.25, -0.2) is 13.2 Å². The van der Waals surface area contributed by atoms with E-state index < -0.39 is 15.8 Å². The first-order valence-corrected chi connectivity index (χ1v) is 9.14. The van der Waals surface area contributed by atoms with Gasteiger partial charge < -0.3 is 10.4 Å². The molecule has 2 aromatic carbocycles. The van der Waals surface area contributed by atoms with Gasteiger partial charge >= 0.3 is 5.97 Å². The Kier molecular flexibility index (Phi) is 5.05. The smallest absolute Gasteiger partial charge is 0.335 e. The Morgan fingerprint density at radius 2 is 1.83 bits per heavy atom. The van der Waals surface area contributed by atoms with Crippen molar-refractivity contribution in [2.75, 3.05) is 18.1 Å². The lowest BCUT2D eigenvalue weighted by Gasteiger charge is -2.17. The maximum atomic E-state index is 12.2. The van der Waals surface area contributed by atoms with Crippen LogP contribution >= 0.6 is 0 Å². The van der Waals surface area contributed by atoms with E-state index in [0.29, 0.717) is 17.8 Å². The molecule has 23 heavy (non-hydrogen) atoms. The molecule has 6 heteroatoms. The molecular weight excluding hydrogens is 314 g/mol. The molecule has 0 atom stereocenters. The van der Waals surface area contributed by atoms with Gasteiger partial charge in [-0.2, -0.15) is 0 Å². The molecular formula is C17H19NO4S. The molecule has 0 aliphatic carbocycles. The molecule has 2 aromatic rings. The highest BCUT2D eigenvalue weighted by Crippen LogP contribution is 2.36. The Labute approximate surface area is 135 Å². The van der Waals surface area contributed by atoms with Gasteiger partial charge in [0.15, 0.2) is 9.84 Å². The first kappa shape index (κ1) is 17.0. The van der Waals surface area contributed by atoms with Crippen molar-refractivity contribution < 1.29 is 18.3 Å². The minimum absolute atomic E-state index is 0.0159. The second-order valence-electron chi connectivity index (χ2n) is 5.27. The van der Waals surface area contributed by atoms with Crippen LogP contribution in [0.1, 0.15) is 23.7 Å². The van der Waals surface area contributed by atoms with Crippen molar-refractivity contribution in [3.63, 3.8) is 0 Å². The molecule has 2 N–H and O–H groups in total. The van der Waals surface area contributed by atoms with E-state index in [1.54, 1.807) is 0 Å². The predicted molar refractivity (Wildman–Crippen MR) is 90.7 cm³/mol. The molecule has 0 amide bonds. The number of rotatable bonds is 6. The van der Waals surface area contributed by atoms with Crippen LogP contribution in [-0.4, -0.2) is 32.3 Å². The average molecular weight is 333 g/mol. The van der Waals surface area contributed by atoms with Crippen LogP contribution in [0.15, 0.2) is 47.4 Å². The van der Waals surface area contributed by atoms with E-state index in [1.807, 2.05) is 37.3 Å². The fraction of sp³-hybridized carbons (Fsp3) is 0.235. The monoisotopic (exact) mass is 333 g/mol. The van der Waals surface area contributed by atoms with Crippen LogP contribution in [0.2, 0.25) is 0 Å². The van der Waals surface area contributed by atoms with Crippen molar-refractivity contribution in [1.82, 2.24) is 0 Å². The number of aromatic carboxylic acids is 1.